The van der Waals surface area contributed by atoms with Crippen LogP contribution in [0.15, 0.2) is 35.7 Å². The molecule has 0 heterocycles. The third kappa shape index (κ3) is 12.7. The van der Waals surface area contributed by atoms with Crippen LogP contribution in [0.1, 0.15) is 71.1 Å². The van der Waals surface area contributed by atoms with Crippen molar-refractivity contribution in [3.05, 3.63) is 55.9 Å². The first-order valence-corrected chi connectivity index (χ1v) is 8.69. The molecule has 0 atom stereocenters. The molecule has 7 heteroatoms. The second-order valence-electron chi connectivity index (χ2n) is 5.67. The number of rotatable bonds is 15. The van der Waals surface area contributed by atoms with Gasteiger partial charge in [0.05, 0.1) is 22.7 Å². The van der Waals surface area contributed by atoms with Gasteiger partial charge in [0.15, 0.2) is 6.29 Å². The van der Waals surface area contributed by atoms with Gasteiger partial charge in [-0.2, -0.15) is 0 Å². The van der Waals surface area contributed by atoms with Crippen LogP contribution in [0.2, 0.25) is 0 Å². The molecule has 0 saturated carbocycles. The number of hydrogen-bond donors (Lipinski definition) is 0. The molecular weight excluding hydrogens is 324 g/mol. The predicted octanol–water partition coefficient (Wildman–Crippen LogP) is 4.89. The van der Waals surface area contributed by atoms with Crippen molar-refractivity contribution in [3.63, 3.8) is 0 Å². The van der Waals surface area contributed by atoms with Crippen LogP contribution in [-0.4, -0.2) is 16.1 Å². The van der Waals surface area contributed by atoms with E-state index in [1.807, 2.05) is 12.4 Å². The zero-order valence-corrected chi connectivity index (χ0v) is 14.8. The van der Waals surface area contributed by atoms with Crippen molar-refractivity contribution in [1.82, 2.24) is 0 Å². The molecule has 0 amide bonds. The molecular formula is C18H27N2O5. The van der Waals surface area contributed by atoms with Crippen molar-refractivity contribution in [2.45, 2.75) is 71.1 Å². The summed E-state index contributed by atoms with van der Waals surface area (Å²) in [5.74, 6) is 0. The molecule has 0 aliphatic heterocycles. The second kappa shape index (κ2) is 15.2. The number of unbranched alkanes of at least 4 members (excludes halogenated alkanes) is 6. The van der Waals surface area contributed by atoms with Crippen molar-refractivity contribution >= 4 is 6.29 Å². The van der Waals surface area contributed by atoms with Crippen LogP contribution in [0.25, 0.3) is 0 Å². The van der Waals surface area contributed by atoms with Crippen LogP contribution < -0.4 is 0 Å². The van der Waals surface area contributed by atoms with Crippen LogP contribution in [0.4, 0.5) is 0 Å². The summed E-state index contributed by atoms with van der Waals surface area (Å²) in [6, 6.07) is 0. The first kappa shape index (κ1) is 22.7. The lowest BCUT2D eigenvalue weighted by atomic mass is 10.1. The number of allylic oxidation sites excluding steroid dienone is 4. The third-order valence-corrected chi connectivity index (χ3v) is 3.60. The number of nitro groups is 2. The average molecular weight is 351 g/mol. The van der Waals surface area contributed by atoms with E-state index < -0.39 is 9.85 Å². The molecule has 0 aliphatic rings. The van der Waals surface area contributed by atoms with E-state index in [0.29, 0.717) is 12.8 Å². The molecule has 139 valence electrons. The van der Waals surface area contributed by atoms with Gasteiger partial charge in [0.25, 0.3) is 0 Å². The maximum atomic E-state index is 11.1. The second-order valence-corrected chi connectivity index (χ2v) is 5.67. The summed E-state index contributed by atoms with van der Waals surface area (Å²) < 4.78 is 0. The van der Waals surface area contributed by atoms with Gasteiger partial charge in [0.1, 0.15) is 0 Å². The highest BCUT2D eigenvalue weighted by atomic mass is 16.6. The van der Waals surface area contributed by atoms with E-state index in [4.69, 9.17) is 0 Å². The zero-order chi connectivity index (χ0) is 18.9. The van der Waals surface area contributed by atoms with Gasteiger partial charge in [-0.1, -0.05) is 31.9 Å². The SMILES string of the molecule is CCCCC/C=C(/C/C=C(/C/C=C/CCCC[C]=O)[N+](=O)[O-])[N+](=O)[O-]. The Balaban J connectivity index is 4.56. The fourth-order valence-electron chi connectivity index (χ4n) is 2.13. The lowest BCUT2D eigenvalue weighted by Gasteiger charge is -1.98. The maximum absolute atomic E-state index is 11.1. The van der Waals surface area contributed by atoms with E-state index in [-0.39, 0.29) is 24.2 Å². The lowest BCUT2D eigenvalue weighted by molar-refractivity contribution is -0.431. The van der Waals surface area contributed by atoms with Crippen molar-refractivity contribution in [1.29, 1.82) is 0 Å². The van der Waals surface area contributed by atoms with E-state index in [2.05, 4.69) is 6.92 Å². The fraction of sp³-hybridized carbons (Fsp3) is 0.611. The molecule has 0 saturated heterocycles. The Kier molecular flexibility index (Phi) is 13.8. The Morgan fingerprint density at radius 2 is 1.52 bits per heavy atom. The summed E-state index contributed by atoms with van der Waals surface area (Å²) in [6.07, 6.45) is 14.6. The molecule has 0 aromatic rings. The van der Waals surface area contributed by atoms with Gasteiger partial charge in [-0.15, -0.1) is 0 Å². The minimum Gasteiger partial charge on any atom is -0.291 e. The topological polar surface area (TPSA) is 103 Å². The molecule has 0 bridgehead atoms. The molecule has 0 aromatic heterocycles. The highest BCUT2D eigenvalue weighted by molar-refractivity contribution is 5.50. The quantitative estimate of drug-likeness (QED) is 0.181. The van der Waals surface area contributed by atoms with E-state index >= 15 is 0 Å². The lowest BCUT2D eigenvalue weighted by Crippen LogP contribution is -2.01. The molecule has 0 spiro atoms. The van der Waals surface area contributed by atoms with Gasteiger partial charge >= 0.3 is 0 Å². The van der Waals surface area contributed by atoms with E-state index in [1.54, 1.807) is 12.2 Å². The van der Waals surface area contributed by atoms with Crippen LogP contribution in [0.5, 0.6) is 0 Å². The van der Waals surface area contributed by atoms with Crippen LogP contribution >= 0.6 is 0 Å². The van der Waals surface area contributed by atoms with Gasteiger partial charge in [0, 0.05) is 6.42 Å². The largest absolute Gasteiger partial charge is 0.291 e. The number of hydrogen-bond acceptors (Lipinski definition) is 5. The van der Waals surface area contributed by atoms with Crippen molar-refractivity contribution in [2.75, 3.05) is 0 Å². The first-order valence-electron chi connectivity index (χ1n) is 8.69. The van der Waals surface area contributed by atoms with Gasteiger partial charge < -0.3 is 0 Å². The monoisotopic (exact) mass is 351 g/mol. The number of nitrogens with zero attached hydrogens (tertiary/aromatic N) is 2. The normalized spacial score (nSPS) is 12.5. The Bertz CT molecular complexity index is 510. The summed E-state index contributed by atoms with van der Waals surface area (Å²) in [4.78, 5) is 31.2. The Hall–Kier alpha value is -2.31. The predicted molar refractivity (Wildman–Crippen MR) is 96.8 cm³/mol. The van der Waals surface area contributed by atoms with Crippen molar-refractivity contribution < 1.29 is 14.6 Å². The summed E-state index contributed by atoms with van der Waals surface area (Å²) in [6.45, 7) is 2.05. The maximum Gasteiger partial charge on any atom is 0.246 e. The molecule has 0 aromatic carbocycles. The first-order chi connectivity index (χ1) is 12.0. The summed E-state index contributed by atoms with van der Waals surface area (Å²) >= 11 is 0. The standard InChI is InChI=1S/C18H27N2O5/c1-2-3-4-9-12-17(19(22)23)14-15-18(20(24)25)13-10-7-5-6-8-11-16-21/h7,10,12,15H,2-6,8-9,11,13-14H2,1H3/b10-7+,17-12-,18-15-. The van der Waals surface area contributed by atoms with E-state index in [1.165, 1.54) is 6.08 Å². The summed E-state index contributed by atoms with van der Waals surface area (Å²) in [5.41, 5.74) is -0.0386. The van der Waals surface area contributed by atoms with Crippen LogP contribution in [0.3, 0.4) is 0 Å². The summed E-state index contributed by atoms with van der Waals surface area (Å²) in [7, 11) is 0. The third-order valence-electron chi connectivity index (χ3n) is 3.60. The van der Waals surface area contributed by atoms with E-state index in [9.17, 15) is 25.0 Å². The molecule has 0 aliphatic carbocycles. The Morgan fingerprint density at radius 1 is 0.880 bits per heavy atom. The average Bonchev–Trinajstić information content (AvgIpc) is 2.57. The molecule has 25 heavy (non-hydrogen) atoms. The van der Waals surface area contributed by atoms with Crippen LogP contribution in [-0.2, 0) is 4.79 Å². The highest BCUT2D eigenvalue weighted by Crippen LogP contribution is 2.13. The number of carbonyl (C=O) groups excluding carboxylic acids is 1. The van der Waals surface area contributed by atoms with Crippen molar-refractivity contribution in [2.24, 2.45) is 0 Å². The Morgan fingerprint density at radius 3 is 2.12 bits per heavy atom. The van der Waals surface area contributed by atoms with Gasteiger partial charge in [-0.3, -0.25) is 25.0 Å². The van der Waals surface area contributed by atoms with Crippen LogP contribution in [0, 0.1) is 20.2 Å². The van der Waals surface area contributed by atoms with Crippen molar-refractivity contribution in [3.8, 4) is 0 Å². The van der Waals surface area contributed by atoms with Gasteiger partial charge in [0.2, 0.25) is 11.4 Å². The highest BCUT2D eigenvalue weighted by Gasteiger charge is 2.13. The Labute approximate surface area is 148 Å². The molecule has 0 N–H and O–H groups in total. The molecule has 0 unspecified atom stereocenters. The molecule has 0 fully saturated rings. The zero-order valence-electron chi connectivity index (χ0n) is 14.8. The minimum atomic E-state index is -0.500. The molecule has 7 nitrogen and oxygen atoms in total. The van der Waals surface area contributed by atoms with E-state index in [0.717, 1.165) is 38.5 Å². The smallest absolute Gasteiger partial charge is 0.246 e. The molecule has 0 rings (SSSR count). The van der Waals surface area contributed by atoms with Gasteiger partial charge in [-0.25, -0.2) is 0 Å². The fourth-order valence-corrected chi connectivity index (χ4v) is 2.13. The van der Waals surface area contributed by atoms with Gasteiger partial charge in [-0.05, 0) is 44.3 Å². The minimum absolute atomic E-state index is 0.00421. The molecule has 1 radical (unpaired) electrons. The summed E-state index contributed by atoms with van der Waals surface area (Å²) in [5, 5.41) is 22.1.